The summed E-state index contributed by atoms with van der Waals surface area (Å²) in [6.45, 7) is 0.885. The minimum atomic E-state index is -4.66. The van der Waals surface area contributed by atoms with Crippen LogP contribution in [0.5, 0.6) is 5.75 Å². The van der Waals surface area contributed by atoms with Gasteiger partial charge < -0.3 is 14.5 Å². The number of alkyl halides is 3. The van der Waals surface area contributed by atoms with E-state index in [1.807, 2.05) is 30.3 Å². The summed E-state index contributed by atoms with van der Waals surface area (Å²) in [5.74, 6) is -0.453. The van der Waals surface area contributed by atoms with Crippen molar-refractivity contribution in [2.45, 2.75) is 44.3 Å². The number of benzene rings is 3. The summed E-state index contributed by atoms with van der Waals surface area (Å²) in [4.78, 5) is 30.2. The van der Waals surface area contributed by atoms with Gasteiger partial charge >= 0.3 is 6.18 Å². The average Bonchev–Trinajstić information content (AvgIpc) is 2.94. The molecule has 0 spiro atoms. The summed E-state index contributed by atoms with van der Waals surface area (Å²) in [5, 5.41) is 0. The molecule has 8 heteroatoms. The number of para-hydroxylation sites is 1. The van der Waals surface area contributed by atoms with Crippen molar-refractivity contribution >= 4 is 11.8 Å². The minimum Gasteiger partial charge on any atom is -0.491 e. The monoisotopic (exact) mass is 538 g/mol. The van der Waals surface area contributed by atoms with Crippen LogP contribution in [0.15, 0.2) is 78.9 Å². The van der Waals surface area contributed by atoms with Crippen LogP contribution < -0.4 is 4.74 Å². The number of nitrogens with zero attached hydrogens (tertiary/aromatic N) is 2. The van der Waals surface area contributed by atoms with E-state index < -0.39 is 23.7 Å². The molecule has 3 aromatic rings. The molecule has 0 saturated heterocycles. The Bertz CT molecular complexity index is 1260. The van der Waals surface area contributed by atoms with Gasteiger partial charge in [-0.3, -0.25) is 9.59 Å². The molecule has 206 valence electrons. The van der Waals surface area contributed by atoms with Gasteiger partial charge in [0.1, 0.15) is 12.4 Å². The van der Waals surface area contributed by atoms with Crippen molar-refractivity contribution in [2.24, 2.45) is 0 Å². The van der Waals surface area contributed by atoms with Crippen molar-refractivity contribution in [3.05, 3.63) is 101 Å². The quantitative estimate of drug-likeness (QED) is 0.383. The average molecular weight is 539 g/mol. The van der Waals surface area contributed by atoms with Gasteiger partial charge in [-0.25, -0.2) is 0 Å². The van der Waals surface area contributed by atoms with Crippen LogP contribution in [-0.4, -0.2) is 54.4 Å². The molecular formula is C31H33F3N2O3. The summed E-state index contributed by atoms with van der Waals surface area (Å²) in [6.07, 6.45) is -1.26. The lowest BCUT2D eigenvalue weighted by molar-refractivity contribution is -0.138. The Kier molecular flexibility index (Phi) is 9.28. The molecule has 3 aromatic carbocycles. The SMILES string of the molecule is CN1CCCCCCN(C(=O)c2ccccc2C(F)(F)F)[C@H](Cc2ccccc2)COc2ccccc2C1=O. The van der Waals surface area contributed by atoms with Crippen LogP contribution >= 0.6 is 0 Å². The topological polar surface area (TPSA) is 49.9 Å². The lowest BCUT2D eigenvalue weighted by Gasteiger charge is -2.33. The van der Waals surface area contributed by atoms with Gasteiger partial charge in [-0.2, -0.15) is 13.2 Å². The second kappa shape index (κ2) is 12.8. The summed E-state index contributed by atoms with van der Waals surface area (Å²) < 4.78 is 47.8. The first-order valence-electron chi connectivity index (χ1n) is 13.2. The minimum absolute atomic E-state index is 0.0167. The molecule has 0 N–H and O–H groups in total. The molecule has 1 heterocycles. The van der Waals surface area contributed by atoms with Gasteiger partial charge in [-0.05, 0) is 49.1 Å². The molecule has 0 unspecified atom stereocenters. The van der Waals surface area contributed by atoms with Crippen LogP contribution in [0.4, 0.5) is 13.2 Å². The number of carbonyl (C=O) groups is 2. The van der Waals surface area contributed by atoms with Crippen molar-refractivity contribution in [3.8, 4) is 5.75 Å². The van der Waals surface area contributed by atoms with Crippen molar-refractivity contribution in [1.82, 2.24) is 9.80 Å². The Morgan fingerprint density at radius 3 is 2.26 bits per heavy atom. The first-order chi connectivity index (χ1) is 18.8. The molecule has 0 aromatic heterocycles. The van der Waals surface area contributed by atoms with Crippen LogP contribution in [0.2, 0.25) is 0 Å². The predicted molar refractivity (Wildman–Crippen MR) is 144 cm³/mol. The third-order valence-electron chi connectivity index (χ3n) is 7.02. The maximum Gasteiger partial charge on any atom is 0.417 e. The van der Waals surface area contributed by atoms with Crippen LogP contribution in [0.3, 0.4) is 0 Å². The van der Waals surface area contributed by atoms with E-state index in [9.17, 15) is 22.8 Å². The zero-order valence-electron chi connectivity index (χ0n) is 22.0. The standard InChI is InChI=1S/C31H33F3N2O3/c1-35-19-11-2-3-12-20-36(30(38)25-15-7-9-17-27(25)31(32,33)34)24(21-23-13-5-4-6-14-23)22-39-28-18-10-8-16-26(28)29(35)37/h4-10,13-18,24H,2-3,11-12,19-22H2,1H3/t24-/m1/s1. The highest BCUT2D eigenvalue weighted by Crippen LogP contribution is 2.33. The van der Waals surface area contributed by atoms with Crippen molar-refractivity contribution in [2.75, 3.05) is 26.7 Å². The molecule has 39 heavy (non-hydrogen) atoms. The molecule has 0 aliphatic carbocycles. The summed E-state index contributed by atoms with van der Waals surface area (Å²) in [5.41, 5.74) is 0.0168. The molecule has 1 aliphatic rings. The summed E-state index contributed by atoms with van der Waals surface area (Å²) in [7, 11) is 1.77. The van der Waals surface area contributed by atoms with E-state index in [4.69, 9.17) is 4.74 Å². The van der Waals surface area contributed by atoms with Crippen LogP contribution in [0.1, 0.15) is 57.5 Å². The Morgan fingerprint density at radius 2 is 1.51 bits per heavy atom. The van der Waals surface area contributed by atoms with Gasteiger partial charge in [0, 0.05) is 20.1 Å². The Morgan fingerprint density at radius 1 is 0.872 bits per heavy atom. The van der Waals surface area contributed by atoms with Gasteiger partial charge in [-0.15, -0.1) is 0 Å². The number of ether oxygens (including phenoxy) is 1. The molecule has 0 radical (unpaired) electrons. The van der Waals surface area contributed by atoms with Crippen molar-refractivity contribution in [1.29, 1.82) is 0 Å². The molecule has 1 atom stereocenters. The lowest BCUT2D eigenvalue weighted by atomic mass is 10.0. The fourth-order valence-corrected chi connectivity index (χ4v) is 4.91. The highest BCUT2D eigenvalue weighted by atomic mass is 19.4. The van der Waals surface area contributed by atoms with Crippen LogP contribution in [0, 0.1) is 0 Å². The normalized spacial score (nSPS) is 17.6. The number of rotatable bonds is 3. The molecule has 4 rings (SSSR count). The first kappa shape index (κ1) is 28.2. The molecule has 0 fully saturated rings. The van der Waals surface area contributed by atoms with Crippen molar-refractivity contribution < 1.29 is 27.5 Å². The van der Waals surface area contributed by atoms with E-state index in [1.165, 1.54) is 23.1 Å². The van der Waals surface area contributed by atoms with Gasteiger partial charge in [0.05, 0.1) is 22.7 Å². The number of hydrogen-bond donors (Lipinski definition) is 0. The van der Waals surface area contributed by atoms with Gasteiger partial charge in [0.15, 0.2) is 0 Å². The number of hydrogen-bond acceptors (Lipinski definition) is 3. The van der Waals surface area contributed by atoms with E-state index in [1.54, 1.807) is 36.2 Å². The smallest absolute Gasteiger partial charge is 0.417 e. The molecule has 0 bridgehead atoms. The molecule has 5 nitrogen and oxygen atoms in total. The Balaban J connectivity index is 1.74. The van der Waals surface area contributed by atoms with E-state index in [0.717, 1.165) is 30.9 Å². The maximum atomic E-state index is 13.9. The number of carbonyl (C=O) groups excluding carboxylic acids is 2. The predicted octanol–water partition coefficient (Wildman–Crippen LogP) is 6.48. The second-order valence-corrected chi connectivity index (χ2v) is 9.83. The third kappa shape index (κ3) is 7.19. The van der Waals surface area contributed by atoms with E-state index >= 15 is 0 Å². The largest absolute Gasteiger partial charge is 0.491 e. The van der Waals surface area contributed by atoms with Crippen LogP contribution in [-0.2, 0) is 12.6 Å². The van der Waals surface area contributed by atoms with Gasteiger partial charge in [0.2, 0.25) is 0 Å². The molecular weight excluding hydrogens is 505 g/mol. The molecule has 1 aliphatic heterocycles. The highest BCUT2D eigenvalue weighted by Gasteiger charge is 2.37. The van der Waals surface area contributed by atoms with Gasteiger partial charge in [0.25, 0.3) is 11.8 Å². The molecule has 2 amide bonds. The number of amides is 2. The molecule has 0 saturated carbocycles. The van der Waals surface area contributed by atoms with Crippen LogP contribution in [0.25, 0.3) is 0 Å². The second-order valence-electron chi connectivity index (χ2n) is 9.83. The first-order valence-corrected chi connectivity index (χ1v) is 13.2. The van der Waals surface area contributed by atoms with E-state index in [0.29, 0.717) is 37.2 Å². The third-order valence-corrected chi connectivity index (χ3v) is 7.02. The summed E-state index contributed by atoms with van der Waals surface area (Å²) >= 11 is 0. The fraction of sp³-hybridized carbons (Fsp3) is 0.355. The van der Waals surface area contributed by atoms with Crippen molar-refractivity contribution in [3.63, 3.8) is 0 Å². The zero-order valence-corrected chi connectivity index (χ0v) is 22.0. The Labute approximate surface area is 227 Å². The lowest BCUT2D eigenvalue weighted by Crippen LogP contribution is -2.46. The van der Waals surface area contributed by atoms with Gasteiger partial charge in [-0.1, -0.05) is 67.4 Å². The maximum absolute atomic E-state index is 13.9. The van der Waals surface area contributed by atoms with E-state index in [2.05, 4.69) is 0 Å². The Hall–Kier alpha value is -3.81. The fourth-order valence-electron chi connectivity index (χ4n) is 4.91. The zero-order chi connectivity index (χ0) is 27.8. The van der Waals surface area contributed by atoms with E-state index in [-0.39, 0.29) is 18.1 Å². The number of halogens is 3. The highest BCUT2D eigenvalue weighted by molar-refractivity contribution is 5.97. The number of fused-ring (bicyclic) bond motifs is 1. The summed E-state index contributed by atoms with van der Waals surface area (Å²) in [6, 6.07) is 20.8.